The normalized spacial score (nSPS) is 17.0. The Morgan fingerprint density at radius 1 is 0.833 bits per heavy atom. The average molecular weight is 602 g/mol. The highest BCUT2D eigenvalue weighted by Gasteiger charge is 2.40. The highest BCUT2D eigenvalue weighted by molar-refractivity contribution is 8.02. The van der Waals surface area contributed by atoms with Gasteiger partial charge in [-0.15, -0.1) is 11.8 Å². The smallest absolute Gasteiger partial charge is 0.249 e. The predicted octanol–water partition coefficient (Wildman–Crippen LogP) is 4.99. The molecule has 0 aliphatic carbocycles. The maximum absolute atomic E-state index is 13.6. The Morgan fingerprint density at radius 2 is 1.40 bits per heavy atom. The lowest BCUT2D eigenvalue weighted by Crippen LogP contribution is -2.46. The van der Waals surface area contributed by atoms with E-state index in [0.717, 1.165) is 22.3 Å². The van der Waals surface area contributed by atoms with Gasteiger partial charge in [-0.1, -0.05) is 103 Å². The molecule has 0 saturated carbocycles. The number of sulfonamides is 1. The van der Waals surface area contributed by atoms with Crippen LogP contribution in [-0.4, -0.2) is 54.5 Å². The van der Waals surface area contributed by atoms with Gasteiger partial charge in [-0.05, 0) is 47.4 Å². The molecule has 1 saturated heterocycles. The molecule has 5 rings (SSSR count). The Bertz CT molecular complexity index is 1540. The molecule has 0 spiro atoms. The molecule has 4 aromatic rings. The minimum atomic E-state index is -3.88. The number of carbonyl (C=O) groups is 1. The van der Waals surface area contributed by atoms with E-state index < -0.39 is 21.5 Å². The number of aliphatic hydroxyl groups is 1. The van der Waals surface area contributed by atoms with Crippen molar-refractivity contribution in [1.82, 2.24) is 14.9 Å². The van der Waals surface area contributed by atoms with Gasteiger partial charge in [-0.2, -0.15) is 4.31 Å². The molecular weight excluding hydrogens is 567 g/mol. The number of hydrogen-bond donors (Lipinski definition) is 3. The number of benzene rings is 4. The fourth-order valence-electron chi connectivity index (χ4n) is 5.02. The van der Waals surface area contributed by atoms with Gasteiger partial charge in [0.25, 0.3) is 0 Å². The molecule has 3 unspecified atom stereocenters. The van der Waals surface area contributed by atoms with Gasteiger partial charge < -0.3 is 15.7 Å². The average Bonchev–Trinajstić information content (AvgIpc) is 3.55. The summed E-state index contributed by atoms with van der Waals surface area (Å²) in [6.07, 6.45) is -0.0612. The predicted molar refractivity (Wildman–Crippen MR) is 168 cm³/mol. The summed E-state index contributed by atoms with van der Waals surface area (Å²) in [6, 6.07) is 35.4. The number of carbonyl (C=O) groups excluding carboxylic acids is 1. The van der Waals surface area contributed by atoms with Crippen LogP contribution in [0.5, 0.6) is 0 Å². The summed E-state index contributed by atoms with van der Waals surface area (Å²) in [5.74, 6) is 0.203. The molecule has 9 heteroatoms. The zero-order valence-electron chi connectivity index (χ0n) is 23.2. The molecule has 42 heavy (non-hydrogen) atoms. The summed E-state index contributed by atoms with van der Waals surface area (Å²) in [6.45, 7) is 1.20. The first-order chi connectivity index (χ1) is 20.4. The molecule has 1 heterocycles. The number of nitrogens with zero attached hydrogens (tertiary/aromatic N) is 1. The topological polar surface area (TPSA) is 98.7 Å². The fraction of sp³-hybridized carbons (Fsp3) is 0.242. The van der Waals surface area contributed by atoms with Crippen LogP contribution in [0.3, 0.4) is 0 Å². The summed E-state index contributed by atoms with van der Waals surface area (Å²) < 4.78 is 28.6. The number of aliphatic hydroxyl groups excluding tert-OH is 1. The van der Waals surface area contributed by atoms with Gasteiger partial charge >= 0.3 is 0 Å². The largest absolute Gasteiger partial charge is 0.387 e. The lowest BCUT2D eigenvalue weighted by Gasteiger charge is -2.26. The van der Waals surface area contributed by atoms with Crippen LogP contribution in [-0.2, 0) is 14.8 Å². The van der Waals surface area contributed by atoms with Gasteiger partial charge in [0.05, 0.1) is 17.0 Å². The van der Waals surface area contributed by atoms with Gasteiger partial charge in [0.1, 0.15) is 5.37 Å². The van der Waals surface area contributed by atoms with Crippen LogP contribution in [0.1, 0.15) is 29.7 Å². The van der Waals surface area contributed by atoms with Crippen LogP contribution in [0.15, 0.2) is 120 Å². The van der Waals surface area contributed by atoms with E-state index in [1.54, 1.807) is 24.3 Å². The summed E-state index contributed by atoms with van der Waals surface area (Å²) in [5, 5.41) is 16.0. The number of amides is 1. The van der Waals surface area contributed by atoms with Crippen LogP contribution in [0, 0.1) is 0 Å². The van der Waals surface area contributed by atoms with Crippen molar-refractivity contribution in [1.29, 1.82) is 0 Å². The van der Waals surface area contributed by atoms with Crippen LogP contribution in [0.25, 0.3) is 11.1 Å². The van der Waals surface area contributed by atoms with E-state index in [0.29, 0.717) is 25.3 Å². The maximum atomic E-state index is 13.6. The van der Waals surface area contributed by atoms with Gasteiger partial charge in [-0.25, -0.2) is 8.42 Å². The first kappa shape index (κ1) is 30.0. The van der Waals surface area contributed by atoms with Gasteiger partial charge in [0, 0.05) is 18.8 Å². The molecule has 4 aromatic carbocycles. The molecule has 1 aliphatic heterocycles. The van der Waals surface area contributed by atoms with Crippen LogP contribution in [0.4, 0.5) is 0 Å². The number of thioether (sulfide) groups is 1. The monoisotopic (exact) mass is 601 g/mol. The van der Waals surface area contributed by atoms with Gasteiger partial charge in [0.15, 0.2) is 0 Å². The van der Waals surface area contributed by atoms with Crippen LogP contribution in [0.2, 0.25) is 0 Å². The third-order valence-electron chi connectivity index (χ3n) is 7.29. The molecule has 218 valence electrons. The minimum Gasteiger partial charge on any atom is -0.387 e. The van der Waals surface area contributed by atoms with Crippen molar-refractivity contribution < 1.29 is 18.3 Å². The molecular formula is C33H35N3O4S2. The Hall–Kier alpha value is -3.47. The lowest BCUT2D eigenvalue weighted by atomic mass is 10.0. The van der Waals surface area contributed by atoms with E-state index in [-0.39, 0.29) is 23.4 Å². The second-order valence-electron chi connectivity index (χ2n) is 10.1. The Labute approximate surface area is 252 Å². The van der Waals surface area contributed by atoms with Crippen molar-refractivity contribution >= 4 is 27.7 Å². The maximum Gasteiger partial charge on any atom is 0.249 e. The third kappa shape index (κ3) is 7.29. The van der Waals surface area contributed by atoms with E-state index in [1.807, 2.05) is 91.0 Å². The fourth-order valence-corrected chi connectivity index (χ4v) is 8.11. The minimum absolute atomic E-state index is 0.170. The number of nitrogens with one attached hydrogen (secondary N) is 2. The van der Waals surface area contributed by atoms with Crippen molar-refractivity contribution in [2.75, 3.05) is 25.4 Å². The van der Waals surface area contributed by atoms with E-state index >= 15 is 0 Å². The van der Waals surface area contributed by atoms with Crippen molar-refractivity contribution in [3.63, 3.8) is 0 Å². The molecule has 1 fully saturated rings. The van der Waals surface area contributed by atoms with E-state index in [9.17, 15) is 18.3 Å². The lowest BCUT2D eigenvalue weighted by molar-refractivity contribution is -0.122. The number of rotatable bonds is 12. The van der Waals surface area contributed by atoms with Crippen molar-refractivity contribution in [2.45, 2.75) is 28.8 Å². The van der Waals surface area contributed by atoms with E-state index in [1.165, 1.54) is 16.1 Å². The second-order valence-corrected chi connectivity index (χ2v) is 13.2. The molecule has 1 amide bonds. The molecule has 0 radical (unpaired) electrons. The third-order valence-corrected chi connectivity index (χ3v) is 10.5. The van der Waals surface area contributed by atoms with Crippen molar-refractivity contribution in [3.05, 3.63) is 126 Å². The quantitative estimate of drug-likeness (QED) is 0.198. The summed E-state index contributed by atoms with van der Waals surface area (Å²) in [7, 11) is -3.88. The van der Waals surface area contributed by atoms with Gasteiger partial charge in [-0.3, -0.25) is 4.79 Å². The van der Waals surface area contributed by atoms with E-state index in [4.69, 9.17) is 0 Å². The van der Waals surface area contributed by atoms with Gasteiger partial charge in [0.2, 0.25) is 15.9 Å². The zero-order chi connectivity index (χ0) is 29.4. The van der Waals surface area contributed by atoms with E-state index in [2.05, 4.69) is 10.6 Å². The first-order valence-electron chi connectivity index (χ1n) is 14.0. The molecule has 3 N–H and O–H groups in total. The SMILES string of the molecule is O=C(NC(CCNCC(O)c1ccccc1)c1ccccc1)C1SCCN1S(=O)(=O)c1ccc(-c2ccccc2)cc1. The Morgan fingerprint density at radius 3 is 2.05 bits per heavy atom. The standard InChI is InChI=1S/C33H35N3O4S2/c37-31(28-14-8-3-9-15-28)24-34-21-20-30(27-12-6-2-7-13-27)35-32(38)33-36(22-23-41-33)42(39,40)29-18-16-26(17-19-29)25-10-4-1-5-11-25/h1-19,30-31,33-34,37H,20-24H2,(H,35,38). The second kappa shape index (κ2) is 14.1. The Balaban J connectivity index is 1.24. The first-order valence-corrected chi connectivity index (χ1v) is 16.5. The van der Waals surface area contributed by atoms with Crippen molar-refractivity contribution in [2.24, 2.45) is 0 Å². The van der Waals surface area contributed by atoms with Crippen LogP contribution < -0.4 is 10.6 Å². The highest BCUT2D eigenvalue weighted by Crippen LogP contribution is 2.32. The molecule has 7 nitrogen and oxygen atoms in total. The molecule has 0 aromatic heterocycles. The Kier molecular flexibility index (Phi) is 10.1. The molecule has 0 bridgehead atoms. The zero-order valence-corrected chi connectivity index (χ0v) is 24.8. The molecule has 3 atom stereocenters. The van der Waals surface area contributed by atoms with Crippen molar-refractivity contribution in [3.8, 4) is 11.1 Å². The highest BCUT2D eigenvalue weighted by atomic mass is 32.2. The molecule has 1 aliphatic rings. The van der Waals surface area contributed by atoms with Crippen LogP contribution >= 0.6 is 11.8 Å². The summed E-state index contributed by atoms with van der Waals surface area (Å²) in [5.41, 5.74) is 3.71. The summed E-state index contributed by atoms with van der Waals surface area (Å²) in [4.78, 5) is 13.8. The summed E-state index contributed by atoms with van der Waals surface area (Å²) >= 11 is 1.33. The number of hydrogen-bond acceptors (Lipinski definition) is 6.